The number of methoxy groups -OCH3 is 1. The average Bonchev–Trinajstić information content (AvgIpc) is 3.49. The maximum Gasteiger partial charge on any atom is 0.204 e. The van der Waals surface area contributed by atoms with Gasteiger partial charge in [-0.25, -0.2) is 9.97 Å². The molecule has 2 aromatic carbocycles. The van der Waals surface area contributed by atoms with Crippen molar-refractivity contribution >= 4 is 39.3 Å². The molecular formula is C30H37N7O2. The molecule has 0 spiro atoms. The van der Waals surface area contributed by atoms with Crippen LogP contribution in [0.25, 0.3) is 39.1 Å². The van der Waals surface area contributed by atoms with Gasteiger partial charge in [0.15, 0.2) is 5.82 Å². The van der Waals surface area contributed by atoms with E-state index in [-0.39, 0.29) is 0 Å². The van der Waals surface area contributed by atoms with Crippen LogP contribution in [-0.2, 0) is 16.1 Å². The Morgan fingerprint density at radius 3 is 2.67 bits per heavy atom. The summed E-state index contributed by atoms with van der Waals surface area (Å²) in [6.45, 7) is 8.19. The lowest BCUT2D eigenvalue weighted by atomic mass is 10.0. The van der Waals surface area contributed by atoms with E-state index in [2.05, 4.69) is 58.2 Å². The number of imidazole rings is 1. The van der Waals surface area contributed by atoms with Crippen molar-refractivity contribution in [3.05, 3.63) is 48.3 Å². The fourth-order valence-corrected chi connectivity index (χ4v) is 5.13. The molecule has 0 unspecified atom stereocenters. The van der Waals surface area contributed by atoms with Gasteiger partial charge in [-0.2, -0.15) is 0 Å². The summed E-state index contributed by atoms with van der Waals surface area (Å²) in [5.41, 5.74) is 5.53. The highest BCUT2D eigenvalue weighted by Gasteiger charge is 2.17. The minimum atomic E-state index is 0.362. The molecule has 9 nitrogen and oxygen atoms in total. The Labute approximate surface area is 228 Å². The van der Waals surface area contributed by atoms with Gasteiger partial charge in [0.1, 0.15) is 17.4 Å². The highest BCUT2D eigenvalue weighted by molar-refractivity contribution is 5.88. The second-order valence-corrected chi connectivity index (χ2v) is 10.5. The van der Waals surface area contributed by atoms with Gasteiger partial charge in [0.2, 0.25) is 5.65 Å². The fraction of sp³-hybridized carbons (Fsp3) is 0.433. The molecule has 0 aliphatic rings. The van der Waals surface area contributed by atoms with Crippen molar-refractivity contribution in [3.8, 4) is 11.4 Å². The SMILES string of the molecule is COCCn1c(-c2ccc3c(c2)nc(NCCCCCC(=O)CC(C)C)c2nnc(C)n23)nc2ccccc21. The van der Waals surface area contributed by atoms with Gasteiger partial charge in [-0.3, -0.25) is 9.20 Å². The first-order valence-electron chi connectivity index (χ1n) is 13.8. The topological polar surface area (TPSA) is 99.2 Å². The molecule has 0 saturated carbocycles. The Morgan fingerprint density at radius 1 is 1.00 bits per heavy atom. The van der Waals surface area contributed by atoms with Crippen LogP contribution in [0, 0.1) is 12.8 Å². The number of para-hydroxylation sites is 2. The first-order chi connectivity index (χ1) is 19.0. The number of rotatable bonds is 13. The quantitative estimate of drug-likeness (QED) is 0.192. The first-order valence-corrected chi connectivity index (χ1v) is 13.8. The molecule has 0 saturated heterocycles. The van der Waals surface area contributed by atoms with Crippen LogP contribution in [-0.4, -0.2) is 55.2 Å². The van der Waals surface area contributed by atoms with Crippen LogP contribution >= 0.6 is 0 Å². The van der Waals surface area contributed by atoms with Gasteiger partial charge in [0, 0.05) is 38.6 Å². The number of carbonyl (C=O) groups is 1. The maximum atomic E-state index is 12.0. The summed E-state index contributed by atoms with van der Waals surface area (Å²) >= 11 is 0. The minimum absolute atomic E-state index is 0.362. The lowest BCUT2D eigenvalue weighted by Crippen LogP contribution is -2.08. The van der Waals surface area contributed by atoms with Crippen molar-refractivity contribution in [1.82, 2.24) is 29.1 Å². The van der Waals surface area contributed by atoms with Crippen molar-refractivity contribution in [3.63, 3.8) is 0 Å². The fourth-order valence-electron chi connectivity index (χ4n) is 5.13. The van der Waals surface area contributed by atoms with Crippen LogP contribution in [0.1, 0.15) is 51.8 Å². The molecule has 0 bridgehead atoms. The lowest BCUT2D eigenvalue weighted by molar-refractivity contribution is -0.119. The molecule has 1 N–H and O–H groups in total. The molecule has 0 amide bonds. The number of hydrogen-bond donors (Lipinski definition) is 1. The highest BCUT2D eigenvalue weighted by atomic mass is 16.5. The van der Waals surface area contributed by atoms with E-state index in [1.54, 1.807) is 7.11 Å². The van der Waals surface area contributed by atoms with Gasteiger partial charge < -0.3 is 14.6 Å². The van der Waals surface area contributed by atoms with Gasteiger partial charge in [-0.15, -0.1) is 10.2 Å². The maximum absolute atomic E-state index is 12.0. The Hall–Kier alpha value is -3.85. The summed E-state index contributed by atoms with van der Waals surface area (Å²) in [6, 6.07) is 14.4. The van der Waals surface area contributed by atoms with Crippen molar-refractivity contribution in [1.29, 1.82) is 0 Å². The molecular weight excluding hydrogens is 490 g/mol. The van der Waals surface area contributed by atoms with Crippen LogP contribution < -0.4 is 5.32 Å². The summed E-state index contributed by atoms with van der Waals surface area (Å²) < 4.78 is 9.63. The third kappa shape index (κ3) is 5.78. The predicted octanol–water partition coefficient (Wildman–Crippen LogP) is 5.84. The van der Waals surface area contributed by atoms with Crippen LogP contribution in [0.3, 0.4) is 0 Å². The number of aromatic nitrogens is 6. The summed E-state index contributed by atoms with van der Waals surface area (Å²) in [7, 11) is 1.71. The Bertz CT molecular complexity index is 1600. The number of fused-ring (bicyclic) bond motifs is 4. The number of hydrogen-bond acceptors (Lipinski definition) is 7. The average molecular weight is 528 g/mol. The number of unbranched alkanes of at least 4 members (excludes halogenated alkanes) is 2. The zero-order chi connectivity index (χ0) is 27.4. The smallest absolute Gasteiger partial charge is 0.204 e. The Kier molecular flexibility index (Phi) is 8.16. The molecule has 5 aromatic rings. The number of Topliss-reactive ketones (excluding diaryl/α,β-unsaturated/α-hetero) is 1. The zero-order valence-corrected chi connectivity index (χ0v) is 23.3. The molecule has 0 aliphatic heterocycles. The predicted molar refractivity (Wildman–Crippen MR) is 155 cm³/mol. The molecule has 9 heteroatoms. The zero-order valence-electron chi connectivity index (χ0n) is 23.3. The van der Waals surface area contributed by atoms with Gasteiger partial charge in [-0.1, -0.05) is 32.4 Å². The van der Waals surface area contributed by atoms with E-state index in [9.17, 15) is 4.79 Å². The molecule has 3 heterocycles. The van der Waals surface area contributed by atoms with Gasteiger partial charge in [0.05, 0.1) is 28.7 Å². The van der Waals surface area contributed by atoms with Crippen molar-refractivity contribution in [2.45, 2.75) is 59.4 Å². The van der Waals surface area contributed by atoms with Gasteiger partial charge in [-0.05, 0) is 56.0 Å². The Morgan fingerprint density at radius 2 is 1.85 bits per heavy atom. The number of anilines is 1. The van der Waals surface area contributed by atoms with E-state index in [0.717, 1.165) is 65.1 Å². The first kappa shape index (κ1) is 26.7. The van der Waals surface area contributed by atoms with Crippen molar-refractivity contribution in [2.75, 3.05) is 25.6 Å². The number of nitrogens with one attached hydrogen (secondary N) is 1. The summed E-state index contributed by atoms with van der Waals surface area (Å²) in [5, 5.41) is 12.2. The number of nitrogens with zero attached hydrogens (tertiary/aromatic N) is 6. The second kappa shape index (κ2) is 11.9. The summed E-state index contributed by atoms with van der Waals surface area (Å²) in [6.07, 6.45) is 4.21. The lowest BCUT2D eigenvalue weighted by Gasteiger charge is -2.12. The number of benzene rings is 2. The number of carbonyl (C=O) groups excluding carboxylic acids is 1. The molecule has 0 atom stereocenters. The van der Waals surface area contributed by atoms with Crippen molar-refractivity contribution in [2.24, 2.45) is 5.92 Å². The second-order valence-electron chi connectivity index (χ2n) is 10.5. The number of ketones is 1. The summed E-state index contributed by atoms with van der Waals surface area (Å²) in [5.74, 6) is 3.20. The van der Waals surface area contributed by atoms with Gasteiger partial charge in [0.25, 0.3) is 0 Å². The van der Waals surface area contributed by atoms with Crippen LogP contribution in [0.2, 0.25) is 0 Å². The third-order valence-corrected chi connectivity index (χ3v) is 6.98. The van der Waals surface area contributed by atoms with E-state index >= 15 is 0 Å². The third-order valence-electron chi connectivity index (χ3n) is 6.98. The normalized spacial score (nSPS) is 11.8. The number of ether oxygens (including phenoxy) is 1. The molecule has 39 heavy (non-hydrogen) atoms. The molecule has 5 rings (SSSR count). The molecule has 0 fully saturated rings. The van der Waals surface area contributed by atoms with E-state index in [1.807, 2.05) is 29.5 Å². The summed E-state index contributed by atoms with van der Waals surface area (Å²) in [4.78, 5) is 21.9. The van der Waals surface area contributed by atoms with E-state index in [0.29, 0.717) is 49.2 Å². The molecule has 3 aromatic heterocycles. The molecule has 0 aliphatic carbocycles. The van der Waals surface area contributed by atoms with E-state index < -0.39 is 0 Å². The Balaban J connectivity index is 1.40. The van der Waals surface area contributed by atoms with Crippen LogP contribution in [0.5, 0.6) is 0 Å². The van der Waals surface area contributed by atoms with Crippen LogP contribution in [0.15, 0.2) is 42.5 Å². The number of aryl methyl sites for hydroxylation is 1. The van der Waals surface area contributed by atoms with E-state index in [4.69, 9.17) is 14.7 Å². The van der Waals surface area contributed by atoms with Crippen LogP contribution in [0.4, 0.5) is 5.82 Å². The van der Waals surface area contributed by atoms with Gasteiger partial charge >= 0.3 is 0 Å². The highest BCUT2D eigenvalue weighted by Crippen LogP contribution is 2.29. The molecule has 0 radical (unpaired) electrons. The van der Waals surface area contributed by atoms with E-state index in [1.165, 1.54) is 0 Å². The molecule has 204 valence electrons. The van der Waals surface area contributed by atoms with Crippen molar-refractivity contribution < 1.29 is 9.53 Å². The largest absolute Gasteiger partial charge is 0.383 e. The monoisotopic (exact) mass is 527 g/mol. The standard InChI is InChI=1S/C30H37N7O2/c1-20(2)18-23(38)10-6-5-9-15-31-28-30-35-34-21(3)37(30)27-14-13-22(19-25(27)32-28)29-33-24-11-7-8-12-26(24)36(29)16-17-39-4/h7-8,11-14,19-20H,5-6,9-10,15-18H2,1-4H3,(H,31,32). The minimum Gasteiger partial charge on any atom is -0.383 e.